The highest BCUT2D eigenvalue weighted by molar-refractivity contribution is 7.99. The SMILES string of the molecule is CCc1ccc(CN(C)C(=O)CSc2nnc(-c3ccccc3Cl)n2CCCOC)cc1. The van der Waals surface area contributed by atoms with Crippen LogP contribution < -0.4 is 0 Å². The summed E-state index contributed by atoms with van der Waals surface area (Å²) in [6.07, 6.45) is 1.81. The lowest BCUT2D eigenvalue weighted by Crippen LogP contribution is -2.28. The Morgan fingerprint density at radius 2 is 1.84 bits per heavy atom. The molecule has 0 fully saturated rings. The van der Waals surface area contributed by atoms with E-state index in [0.29, 0.717) is 35.7 Å². The zero-order valence-electron chi connectivity index (χ0n) is 18.8. The molecule has 6 nitrogen and oxygen atoms in total. The van der Waals surface area contributed by atoms with Gasteiger partial charge in [0, 0.05) is 39.4 Å². The number of benzene rings is 2. The lowest BCUT2D eigenvalue weighted by atomic mass is 10.1. The zero-order valence-corrected chi connectivity index (χ0v) is 20.3. The van der Waals surface area contributed by atoms with Crippen LogP contribution in [0.4, 0.5) is 0 Å². The van der Waals surface area contributed by atoms with Crippen LogP contribution in [0.2, 0.25) is 5.02 Å². The molecule has 3 rings (SSSR count). The zero-order chi connectivity index (χ0) is 22.9. The van der Waals surface area contributed by atoms with Crippen molar-refractivity contribution < 1.29 is 9.53 Å². The molecule has 1 aromatic heterocycles. The van der Waals surface area contributed by atoms with Crippen molar-refractivity contribution in [3.05, 3.63) is 64.7 Å². The molecule has 0 aliphatic heterocycles. The van der Waals surface area contributed by atoms with E-state index in [1.807, 2.05) is 35.9 Å². The molecule has 0 saturated carbocycles. The van der Waals surface area contributed by atoms with Crippen LogP contribution in [0.25, 0.3) is 11.4 Å². The van der Waals surface area contributed by atoms with E-state index < -0.39 is 0 Å². The van der Waals surface area contributed by atoms with Crippen LogP contribution in [0, 0.1) is 0 Å². The fraction of sp³-hybridized carbons (Fsp3) is 0.375. The van der Waals surface area contributed by atoms with Crippen LogP contribution in [0.1, 0.15) is 24.5 Å². The second-order valence-corrected chi connectivity index (χ2v) is 8.84. The number of hydrogen-bond acceptors (Lipinski definition) is 5. The Hall–Kier alpha value is -2.35. The molecule has 0 aliphatic rings. The van der Waals surface area contributed by atoms with E-state index in [1.54, 1.807) is 12.0 Å². The molecule has 8 heteroatoms. The summed E-state index contributed by atoms with van der Waals surface area (Å²) in [5, 5.41) is 10.0. The van der Waals surface area contributed by atoms with Crippen LogP contribution in [0.5, 0.6) is 0 Å². The number of carbonyl (C=O) groups is 1. The van der Waals surface area contributed by atoms with Gasteiger partial charge in [-0.2, -0.15) is 0 Å². The number of aryl methyl sites for hydroxylation is 1. The molecule has 1 heterocycles. The van der Waals surface area contributed by atoms with Crippen molar-refractivity contribution in [3.8, 4) is 11.4 Å². The molecule has 3 aromatic rings. The summed E-state index contributed by atoms with van der Waals surface area (Å²) in [4.78, 5) is 14.5. The summed E-state index contributed by atoms with van der Waals surface area (Å²) in [5.74, 6) is 1.03. The minimum Gasteiger partial charge on any atom is -0.385 e. The van der Waals surface area contributed by atoms with Crippen molar-refractivity contribution >= 4 is 29.3 Å². The molecule has 0 unspecified atom stereocenters. The number of aromatic nitrogens is 3. The Kier molecular flexibility index (Phi) is 9.14. The third-order valence-electron chi connectivity index (χ3n) is 5.16. The molecular weight excluding hydrogens is 444 g/mol. The van der Waals surface area contributed by atoms with Crippen LogP contribution in [-0.4, -0.2) is 52.1 Å². The quantitative estimate of drug-likeness (QED) is 0.292. The summed E-state index contributed by atoms with van der Waals surface area (Å²) >= 11 is 7.79. The molecule has 0 N–H and O–H groups in total. The van der Waals surface area contributed by atoms with E-state index in [9.17, 15) is 4.79 Å². The Balaban J connectivity index is 1.68. The first-order valence-electron chi connectivity index (χ1n) is 10.6. The number of ether oxygens (including phenoxy) is 1. The molecule has 1 amide bonds. The van der Waals surface area contributed by atoms with Gasteiger partial charge in [-0.3, -0.25) is 4.79 Å². The molecular formula is C24H29ClN4O2S. The van der Waals surface area contributed by atoms with Gasteiger partial charge in [0.25, 0.3) is 0 Å². The highest BCUT2D eigenvalue weighted by Crippen LogP contribution is 2.29. The van der Waals surface area contributed by atoms with Crippen molar-refractivity contribution in [2.24, 2.45) is 0 Å². The summed E-state index contributed by atoms with van der Waals surface area (Å²) in [5.41, 5.74) is 3.23. The van der Waals surface area contributed by atoms with Gasteiger partial charge in [0.2, 0.25) is 5.91 Å². The van der Waals surface area contributed by atoms with Gasteiger partial charge in [-0.25, -0.2) is 0 Å². The number of hydrogen-bond donors (Lipinski definition) is 0. The largest absolute Gasteiger partial charge is 0.385 e. The maximum Gasteiger partial charge on any atom is 0.233 e. The van der Waals surface area contributed by atoms with E-state index in [1.165, 1.54) is 17.3 Å². The van der Waals surface area contributed by atoms with Gasteiger partial charge in [-0.05, 0) is 36.1 Å². The van der Waals surface area contributed by atoms with E-state index in [-0.39, 0.29) is 11.7 Å². The number of rotatable bonds is 11. The summed E-state index contributed by atoms with van der Waals surface area (Å²) < 4.78 is 7.22. The van der Waals surface area contributed by atoms with Gasteiger partial charge < -0.3 is 14.2 Å². The Morgan fingerprint density at radius 1 is 1.12 bits per heavy atom. The molecule has 0 atom stereocenters. The minimum absolute atomic E-state index is 0.0419. The van der Waals surface area contributed by atoms with Gasteiger partial charge in [0.05, 0.1) is 10.8 Å². The monoisotopic (exact) mass is 472 g/mol. The average Bonchev–Trinajstić information content (AvgIpc) is 3.20. The van der Waals surface area contributed by atoms with E-state index in [2.05, 4.69) is 41.4 Å². The molecule has 0 saturated heterocycles. The first kappa shape index (κ1) is 24.3. The lowest BCUT2D eigenvalue weighted by Gasteiger charge is -2.17. The Bertz CT molecular complexity index is 1020. The topological polar surface area (TPSA) is 60.2 Å². The predicted molar refractivity (Wildman–Crippen MR) is 130 cm³/mol. The van der Waals surface area contributed by atoms with Crippen LogP contribution >= 0.6 is 23.4 Å². The standard InChI is InChI=1S/C24H29ClN4O2S/c1-4-18-10-12-19(13-11-18)16-28(2)22(30)17-32-24-27-26-23(29(24)14-7-15-31-3)20-8-5-6-9-21(20)25/h5-6,8-13H,4,7,14-17H2,1-3H3. The summed E-state index contributed by atoms with van der Waals surface area (Å²) in [6, 6.07) is 16.0. The smallest absolute Gasteiger partial charge is 0.233 e. The highest BCUT2D eigenvalue weighted by Gasteiger charge is 2.18. The normalized spacial score (nSPS) is 11.0. The first-order chi connectivity index (χ1) is 15.5. The van der Waals surface area contributed by atoms with E-state index >= 15 is 0 Å². The molecule has 0 bridgehead atoms. The van der Waals surface area contributed by atoms with E-state index in [4.69, 9.17) is 16.3 Å². The number of nitrogens with zero attached hydrogens (tertiary/aromatic N) is 4. The molecule has 0 radical (unpaired) electrons. The van der Waals surface area contributed by atoms with Crippen molar-refractivity contribution in [2.75, 3.05) is 26.5 Å². The molecule has 0 spiro atoms. The van der Waals surface area contributed by atoms with Gasteiger partial charge in [0.15, 0.2) is 11.0 Å². The minimum atomic E-state index is 0.0419. The maximum atomic E-state index is 12.8. The summed E-state index contributed by atoms with van der Waals surface area (Å²) in [7, 11) is 3.51. The van der Waals surface area contributed by atoms with E-state index in [0.717, 1.165) is 24.0 Å². The summed E-state index contributed by atoms with van der Waals surface area (Å²) in [6.45, 7) is 4.02. The average molecular weight is 473 g/mol. The number of carbonyl (C=O) groups excluding carboxylic acids is 1. The van der Waals surface area contributed by atoms with Gasteiger partial charge in [0.1, 0.15) is 0 Å². The molecule has 32 heavy (non-hydrogen) atoms. The number of halogens is 1. The Labute approximate surface area is 198 Å². The number of amides is 1. The highest BCUT2D eigenvalue weighted by atomic mass is 35.5. The third kappa shape index (κ3) is 6.34. The maximum absolute atomic E-state index is 12.8. The van der Waals surface area contributed by atoms with Gasteiger partial charge in [-0.1, -0.05) is 66.7 Å². The fourth-order valence-corrected chi connectivity index (χ4v) is 4.41. The second-order valence-electron chi connectivity index (χ2n) is 7.49. The van der Waals surface area contributed by atoms with Gasteiger partial charge >= 0.3 is 0 Å². The third-order valence-corrected chi connectivity index (χ3v) is 6.44. The second kappa shape index (κ2) is 12.0. The number of methoxy groups -OCH3 is 1. The van der Waals surface area contributed by atoms with Crippen LogP contribution in [-0.2, 0) is 29.0 Å². The fourth-order valence-electron chi connectivity index (χ4n) is 3.28. The predicted octanol–water partition coefficient (Wildman–Crippen LogP) is 4.95. The van der Waals surface area contributed by atoms with Crippen LogP contribution in [0.15, 0.2) is 53.7 Å². The molecule has 0 aliphatic carbocycles. The van der Waals surface area contributed by atoms with Crippen molar-refractivity contribution in [3.63, 3.8) is 0 Å². The van der Waals surface area contributed by atoms with Crippen LogP contribution in [0.3, 0.4) is 0 Å². The Morgan fingerprint density at radius 3 is 2.53 bits per heavy atom. The van der Waals surface area contributed by atoms with Crippen molar-refractivity contribution in [1.82, 2.24) is 19.7 Å². The lowest BCUT2D eigenvalue weighted by molar-refractivity contribution is -0.127. The molecule has 170 valence electrons. The van der Waals surface area contributed by atoms with Crippen molar-refractivity contribution in [2.45, 2.75) is 38.0 Å². The first-order valence-corrected chi connectivity index (χ1v) is 12.0. The number of thioether (sulfide) groups is 1. The molecule has 2 aromatic carbocycles. The van der Waals surface area contributed by atoms with Crippen molar-refractivity contribution in [1.29, 1.82) is 0 Å². The van der Waals surface area contributed by atoms with Gasteiger partial charge in [-0.15, -0.1) is 10.2 Å².